The number of amides is 1. The number of methoxy groups -OCH3 is 2. The number of hydrogen-bond acceptors (Lipinski definition) is 3. The van der Waals surface area contributed by atoms with Crippen molar-refractivity contribution in [2.75, 3.05) is 19.5 Å². The molecule has 2 aromatic rings. The summed E-state index contributed by atoms with van der Waals surface area (Å²) in [5.41, 5.74) is 0.363. The smallest absolute Gasteiger partial charge is 0.225 e. The fraction of sp³-hybridized carbons (Fsp3) is 0.278. The normalized spacial score (nSPS) is 11.8. The molecule has 1 unspecified atom stereocenters. The Morgan fingerprint density at radius 3 is 2.44 bits per heavy atom. The molecule has 0 bridgehead atoms. The van der Waals surface area contributed by atoms with Crippen LogP contribution in [0.2, 0.25) is 0 Å². The van der Waals surface area contributed by atoms with Crippen LogP contribution in [0.25, 0.3) is 0 Å². The van der Waals surface area contributed by atoms with E-state index in [1.54, 1.807) is 25.1 Å². The molecule has 0 aromatic heterocycles. The van der Waals surface area contributed by atoms with Gasteiger partial charge in [-0.05, 0) is 29.7 Å². The van der Waals surface area contributed by atoms with Gasteiger partial charge in [0.1, 0.15) is 11.5 Å². The van der Waals surface area contributed by atoms with Gasteiger partial charge in [-0.1, -0.05) is 13.0 Å². The molecule has 1 atom stereocenters. The number of benzene rings is 2. The molecule has 4 nitrogen and oxygen atoms in total. The molecule has 7 heteroatoms. The summed E-state index contributed by atoms with van der Waals surface area (Å²) in [6.45, 7) is 1.80. The Bertz CT molecular complexity index is 780. The van der Waals surface area contributed by atoms with Crippen molar-refractivity contribution in [3.8, 4) is 11.5 Å². The lowest BCUT2D eigenvalue weighted by atomic mass is 9.96. The van der Waals surface area contributed by atoms with Crippen LogP contribution in [0.5, 0.6) is 11.5 Å². The van der Waals surface area contributed by atoms with Crippen LogP contribution in [-0.4, -0.2) is 20.1 Å². The minimum absolute atomic E-state index is 0.00112. The van der Waals surface area contributed by atoms with Crippen LogP contribution in [0.4, 0.5) is 18.9 Å². The first-order valence-corrected chi connectivity index (χ1v) is 7.52. The fourth-order valence-electron chi connectivity index (χ4n) is 2.44. The summed E-state index contributed by atoms with van der Waals surface area (Å²) in [7, 11) is 3.03. The molecule has 134 valence electrons. The van der Waals surface area contributed by atoms with Gasteiger partial charge in [0.05, 0.1) is 19.9 Å². The summed E-state index contributed by atoms with van der Waals surface area (Å²) in [6.07, 6.45) is 0.00112. The van der Waals surface area contributed by atoms with E-state index in [-0.39, 0.29) is 12.3 Å². The van der Waals surface area contributed by atoms with Crippen molar-refractivity contribution >= 4 is 11.6 Å². The van der Waals surface area contributed by atoms with Gasteiger partial charge in [-0.3, -0.25) is 4.79 Å². The number of rotatable bonds is 6. The van der Waals surface area contributed by atoms with Gasteiger partial charge in [-0.25, -0.2) is 13.2 Å². The lowest BCUT2D eigenvalue weighted by Crippen LogP contribution is -2.16. The summed E-state index contributed by atoms with van der Waals surface area (Å²) in [5.74, 6) is -3.98. The highest BCUT2D eigenvalue weighted by Gasteiger charge is 2.19. The Morgan fingerprint density at radius 1 is 1.08 bits per heavy atom. The van der Waals surface area contributed by atoms with Crippen molar-refractivity contribution in [1.29, 1.82) is 0 Å². The zero-order chi connectivity index (χ0) is 18.6. The number of halogens is 3. The predicted octanol–water partition coefficient (Wildman–Crippen LogP) is 4.25. The van der Waals surface area contributed by atoms with Gasteiger partial charge >= 0.3 is 0 Å². The van der Waals surface area contributed by atoms with Gasteiger partial charge in [0.25, 0.3) is 0 Å². The maximum atomic E-state index is 13.6. The largest absolute Gasteiger partial charge is 0.497 e. The van der Waals surface area contributed by atoms with Gasteiger partial charge in [-0.2, -0.15) is 0 Å². The average Bonchev–Trinajstić information content (AvgIpc) is 2.61. The Labute approximate surface area is 143 Å². The van der Waals surface area contributed by atoms with E-state index >= 15 is 0 Å². The summed E-state index contributed by atoms with van der Waals surface area (Å²) < 4.78 is 50.2. The molecule has 1 amide bonds. The molecular weight excluding hydrogens is 335 g/mol. The third kappa shape index (κ3) is 4.23. The third-order valence-corrected chi connectivity index (χ3v) is 3.77. The van der Waals surface area contributed by atoms with Crippen LogP contribution in [0.3, 0.4) is 0 Å². The Morgan fingerprint density at radius 2 is 1.80 bits per heavy atom. The van der Waals surface area contributed by atoms with Crippen LogP contribution in [0.1, 0.15) is 24.8 Å². The standard InChI is InChI=1S/C18H18F3NO3/c1-10(12-5-4-11(24-2)9-15(12)25-3)8-16(23)22-14-7-6-13(19)17(20)18(14)21/h4-7,9-10H,8H2,1-3H3,(H,22,23). The number of anilines is 1. The molecule has 0 saturated carbocycles. The van der Waals surface area contributed by atoms with E-state index in [9.17, 15) is 18.0 Å². The fourth-order valence-corrected chi connectivity index (χ4v) is 2.44. The number of ether oxygens (including phenoxy) is 2. The number of nitrogens with one attached hydrogen (secondary N) is 1. The number of hydrogen-bond donors (Lipinski definition) is 1. The third-order valence-electron chi connectivity index (χ3n) is 3.77. The summed E-state index contributed by atoms with van der Waals surface area (Å²) in [4.78, 5) is 12.1. The topological polar surface area (TPSA) is 47.6 Å². The van der Waals surface area contributed by atoms with Crippen LogP contribution >= 0.6 is 0 Å². The average molecular weight is 353 g/mol. The van der Waals surface area contributed by atoms with Crippen LogP contribution < -0.4 is 14.8 Å². The molecule has 0 radical (unpaired) electrons. The number of carbonyl (C=O) groups is 1. The summed E-state index contributed by atoms with van der Waals surface area (Å²) >= 11 is 0. The van der Waals surface area contributed by atoms with Crippen molar-refractivity contribution < 1.29 is 27.4 Å². The first-order valence-electron chi connectivity index (χ1n) is 7.52. The quantitative estimate of drug-likeness (QED) is 0.790. The summed E-state index contributed by atoms with van der Waals surface area (Å²) in [5, 5.41) is 2.25. The maximum Gasteiger partial charge on any atom is 0.225 e. The molecule has 25 heavy (non-hydrogen) atoms. The molecule has 0 aliphatic heterocycles. The van der Waals surface area contributed by atoms with Gasteiger partial charge < -0.3 is 14.8 Å². The molecule has 0 spiro atoms. The van der Waals surface area contributed by atoms with E-state index in [1.165, 1.54) is 14.2 Å². The Balaban J connectivity index is 2.12. The molecule has 0 aliphatic carbocycles. The van der Waals surface area contributed by atoms with Crippen molar-refractivity contribution in [3.05, 3.63) is 53.3 Å². The molecule has 0 heterocycles. The van der Waals surface area contributed by atoms with Crippen molar-refractivity contribution in [2.24, 2.45) is 0 Å². The van der Waals surface area contributed by atoms with E-state index < -0.39 is 29.0 Å². The Kier molecular flexibility index (Phi) is 5.90. The van der Waals surface area contributed by atoms with Crippen molar-refractivity contribution in [3.63, 3.8) is 0 Å². The van der Waals surface area contributed by atoms with Gasteiger partial charge in [0.2, 0.25) is 5.91 Å². The highest BCUT2D eigenvalue weighted by atomic mass is 19.2. The van der Waals surface area contributed by atoms with Crippen LogP contribution in [0, 0.1) is 17.5 Å². The van der Waals surface area contributed by atoms with Crippen molar-refractivity contribution in [1.82, 2.24) is 0 Å². The van der Waals surface area contributed by atoms with Gasteiger partial charge in [0, 0.05) is 12.5 Å². The van der Waals surface area contributed by atoms with Crippen molar-refractivity contribution in [2.45, 2.75) is 19.3 Å². The molecular formula is C18H18F3NO3. The lowest BCUT2D eigenvalue weighted by Gasteiger charge is -2.16. The second kappa shape index (κ2) is 7.92. The lowest BCUT2D eigenvalue weighted by molar-refractivity contribution is -0.116. The summed E-state index contributed by atoms with van der Waals surface area (Å²) in [6, 6.07) is 6.93. The second-order valence-electron chi connectivity index (χ2n) is 5.48. The van der Waals surface area contributed by atoms with E-state index in [0.29, 0.717) is 11.5 Å². The predicted molar refractivity (Wildman–Crippen MR) is 87.5 cm³/mol. The van der Waals surface area contributed by atoms with E-state index in [2.05, 4.69) is 5.32 Å². The monoisotopic (exact) mass is 353 g/mol. The molecule has 0 fully saturated rings. The van der Waals surface area contributed by atoms with Crippen LogP contribution in [0.15, 0.2) is 30.3 Å². The first kappa shape index (κ1) is 18.6. The van der Waals surface area contributed by atoms with E-state index in [4.69, 9.17) is 9.47 Å². The SMILES string of the molecule is COc1ccc(C(C)CC(=O)Nc2ccc(F)c(F)c2F)c(OC)c1. The second-order valence-corrected chi connectivity index (χ2v) is 5.48. The zero-order valence-electron chi connectivity index (χ0n) is 14.0. The minimum atomic E-state index is -1.62. The van der Waals surface area contributed by atoms with Gasteiger partial charge in [-0.15, -0.1) is 0 Å². The van der Waals surface area contributed by atoms with Gasteiger partial charge in [0.15, 0.2) is 17.5 Å². The molecule has 2 rings (SSSR count). The molecule has 2 aromatic carbocycles. The molecule has 1 N–H and O–H groups in total. The van der Waals surface area contributed by atoms with Crippen LogP contribution in [-0.2, 0) is 4.79 Å². The number of carbonyl (C=O) groups excluding carboxylic acids is 1. The highest BCUT2D eigenvalue weighted by Crippen LogP contribution is 2.32. The molecule has 0 saturated heterocycles. The maximum absolute atomic E-state index is 13.6. The minimum Gasteiger partial charge on any atom is -0.497 e. The highest BCUT2D eigenvalue weighted by molar-refractivity contribution is 5.91. The zero-order valence-corrected chi connectivity index (χ0v) is 14.0. The van der Waals surface area contributed by atoms with E-state index in [0.717, 1.165) is 17.7 Å². The first-order chi connectivity index (χ1) is 11.9. The Hall–Kier alpha value is -2.70. The van der Waals surface area contributed by atoms with E-state index in [1.807, 2.05) is 0 Å². The molecule has 0 aliphatic rings.